The average Bonchev–Trinajstić information content (AvgIpc) is 2.46. The molecule has 0 aliphatic rings. The maximum Gasteiger partial charge on any atom is 0.254 e. The van der Waals surface area contributed by atoms with Gasteiger partial charge in [-0.05, 0) is 38.5 Å². The van der Waals surface area contributed by atoms with Gasteiger partial charge in [0.05, 0.1) is 6.61 Å². The van der Waals surface area contributed by atoms with Crippen molar-refractivity contribution >= 4 is 5.91 Å². The van der Waals surface area contributed by atoms with Crippen molar-refractivity contribution in [1.82, 2.24) is 4.90 Å². The smallest absolute Gasteiger partial charge is 0.254 e. The second-order valence-corrected chi connectivity index (χ2v) is 5.07. The summed E-state index contributed by atoms with van der Waals surface area (Å²) in [5.74, 6) is 5.46. The van der Waals surface area contributed by atoms with Crippen LogP contribution in [0.1, 0.15) is 35.3 Å². The zero-order valence-corrected chi connectivity index (χ0v) is 13.1. The predicted octanol–water partition coefficient (Wildman–Crippen LogP) is 1.84. The van der Waals surface area contributed by atoms with E-state index in [1.165, 1.54) is 0 Å². The summed E-state index contributed by atoms with van der Waals surface area (Å²) in [6.45, 7) is 6.76. The Labute approximate surface area is 126 Å². The van der Waals surface area contributed by atoms with Gasteiger partial charge in [0.25, 0.3) is 5.91 Å². The number of hydrogen-bond donors (Lipinski definition) is 1. The van der Waals surface area contributed by atoms with Crippen LogP contribution in [0.5, 0.6) is 0 Å². The van der Waals surface area contributed by atoms with Crippen LogP contribution in [-0.2, 0) is 4.74 Å². The molecule has 1 amide bonds. The summed E-state index contributed by atoms with van der Waals surface area (Å²) in [6, 6.07) is 5.57. The molecule has 1 N–H and O–H groups in total. The van der Waals surface area contributed by atoms with E-state index in [2.05, 4.69) is 11.8 Å². The second-order valence-electron chi connectivity index (χ2n) is 5.07. The summed E-state index contributed by atoms with van der Waals surface area (Å²) in [5.41, 5.74) is 2.36. The molecule has 0 saturated heterocycles. The van der Waals surface area contributed by atoms with Crippen LogP contribution in [0.25, 0.3) is 0 Å². The molecule has 0 bridgehead atoms. The van der Waals surface area contributed by atoms with Crippen molar-refractivity contribution in [1.29, 1.82) is 0 Å². The standard InChI is InChI=1S/C17H23NO3/c1-13(2)18(9-11-21-4)17(20)16-8-7-14(3)15(12-16)6-5-10-19/h7-8,12-13,19H,9-11H2,1-4H3. The first-order chi connectivity index (χ1) is 10.0. The fourth-order valence-electron chi connectivity index (χ4n) is 1.97. The maximum absolute atomic E-state index is 12.6. The summed E-state index contributed by atoms with van der Waals surface area (Å²) >= 11 is 0. The molecule has 0 aliphatic heterocycles. The Morgan fingerprint density at radius 1 is 1.43 bits per heavy atom. The zero-order valence-electron chi connectivity index (χ0n) is 13.1. The SMILES string of the molecule is COCCN(C(=O)c1ccc(C)c(C#CCO)c1)C(C)C. The number of nitrogens with zero attached hydrogens (tertiary/aromatic N) is 1. The Bertz CT molecular complexity index is 541. The molecule has 114 valence electrons. The Balaban J connectivity index is 3.05. The molecule has 4 heteroatoms. The quantitative estimate of drug-likeness (QED) is 0.841. The zero-order chi connectivity index (χ0) is 15.8. The van der Waals surface area contributed by atoms with E-state index < -0.39 is 0 Å². The number of aliphatic hydroxyl groups excluding tert-OH is 1. The minimum Gasteiger partial charge on any atom is -0.384 e. The van der Waals surface area contributed by atoms with E-state index in [1.807, 2.05) is 32.9 Å². The number of aliphatic hydroxyl groups is 1. The lowest BCUT2D eigenvalue weighted by Crippen LogP contribution is -2.39. The van der Waals surface area contributed by atoms with Crippen molar-refractivity contribution in [3.05, 3.63) is 34.9 Å². The first-order valence-electron chi connectivity index (χ1n) is 7.01. The van der Waals surface area contributed by atoms with E-state index >= 15 is 0 Å². The van der Waals surface area contributed by atoms with Crippen LogP contribution < -0.4 is 0 Å². The summed E-state index contributed by atoms with van der Waals surface area (Å²) in [5, 5.41) is 8.79. The molecule has 0 saturated carbocycles. The van der Waals surface area contributed by atoms with Gasteiger partial charge in [0.1, 0.15) is 6.61 Å². The highest BCUT2D eigenvalue weighted by Crippen LogP contribution is 2.14. The molecule has 0 aromatic heterocycles. The molecule has 1 aromatic rings. The maximum atomic E-state index is 12.6. The number of carbonyl (C=O) groups excluding carboxylic acids is 1. The van der Waals surface area contributed by atoms with Crippen molar-refractivity contribution in [2.24, 2.45) is 0 Å². The largest absolute Gasteiger partial charge is 0.384 e. The number of methoxy groups -OCH3 is 1. The van der Waals surface area contributed by atoms with Gasteiger partial charge in [-0.1, -0.05) is 17.9 Å². The van der Waals surface area contributed by atoms with Crippen LogP contribution in [0.15, 0.2) is 18.2 Å². The Morgan fingerprint density at radius 3 is 2.71 bits per heavy atom. The fourth-order valence-corrected chi connectivity index (χ4v) is 1.97. The number of hydrogen-bond acceptors (Lipinski definition) is 3. The molecule has 0 fully saturated rings. The molecular formula is C17H23NO3. The minimum atomic E-state index is -0.191. The highest BCUT2D eigenvalue weighted by Gasteiger charge is 2.18. The summed E-state index contributed by atoms with van der Waals surface area (Å²) in [4.78, 5) is 14.4. The van der Waals surface area contributed by atoms with Crippen LogP contribution in [0.3, 0.4) is 0 Å². The highest BCUT2D eigenvalue weighted by molar-refractivity contribution is 5.95. The van der Waals surface area contributed by atoms with E-state index in [0.717, 1.165) is 11.1 Å². The summed E-state index contributed by atoms with van der Waals surface area (Å²) in [6.07, 6.45) is 0. The first kappa shape index (κ1) is 17.2. The first-order valence-corrected chi connectivity index (χ1v) is 7.01. The van der Waals surface area contributed by atoms with Gasteiger partial charge < -0.3 is 14.7 Å². The number of carbonyl (C=O) groups is 1. The molecule has 0 heterocycles. The van der Waals surface area contributed by atoms with Gasteiger partial charge >= 0.3 is 0 Å². The topological polar surface area (TPSA) is 49.8 Å². The van der Waals surface area contributed by atoms with E-state index in [1.54, 1.807) is 18.1 Å². The lowest BCUT2D eigenvalue weighted by atomic mass is 10.0. The lowest BCUT2D eigenvalue weighted by molar-refractivity contribution is 0.0635. The van der Waals surface area contributed by atoms with Crippen LogP contribution in [0, 0.1) is 18.8 Å². The molecule has 1 rings (SSSR count). The van der Waals surface area contributed by atoms with E-state index in [0.29, 0.717) is 18.7 Å². The van der Waals surface area contributed by atoms with E-state index in [-0.39, 0.29) is 18.6 Å². The summed E-state index contributed by atoms with van der Waals surface area (Å²) < 4.78 is 5.06. The summed E-state index contributed by atoms with van der Waals surface area (Å²) in [7, 11) is 1.62. The molecule has 0 spiro atoms. The fraction of sp³-hybridized carbons (Fsp3) is 0.471. The average molecular weight is 289 g/mol. The van der Waals surface area contributed by atoms with Crippen molar-refractivity contribution in [3.63, 3.8) is 0 Å². The Hall–Kier alpha value is -1.83. The van der Waals surface area contributed by atoms with Gasteiger partial charge in [0, 0.05) is 30.8 Å². The van der Waals surface area contributed by atoms with Gasteiger partial charge in [0.2, 0.25) is 0 Å². The number of benzene rings is 1. The van der Waals surface area contributed by atoms with Crippen molar-refractivity contribution < 1.29 is 14.6 Å². The van der Waals surface area contributed by atoms with Crippen LogP contribution >= 0.6 is 0 Å². The van der Waals surface area contributed by atoms with Gasteiger partial charge in [-0.3, -0.25) is 4.79 Å². The lowest BCUT2D eigenvalue weighted by Gasteiger charge is -2.26. The monoisotopic (exact) mass is 289 g/mol. The van der Waals surface area contributed by atoms with Gasteiger partial charge in [-0.2, -0.15) is 0 Å². The number of amides is 1. The second kappa shape index (κ2) is 8.46. The van der Waals surface area contributed by atoms with Crippen LogP contribution in [0.4, 0.5) is 0 Å². The molecule has 0 atom stereocenters. The van der Waals surface area contributed by atoms with Crippen LogP contribution in [0.2, 0.25) is 0 Å². The molecule has 0 aliphatic carbocycles. The normalized spacial score (nSPS) is 10.2. The van der Waals surface area contributed by atoms with Gasteiger partial charge in [0.15, 0.2) is 0 Å². The van der Waals surface area contributed by atoms with Crippen molar-refractivity contribution in [2.75, 3.05) is 26.9 Å². The molecular weight excluding hydrogens is 266 g/mol. The molecule has 21 heavy (non-hydrogen) atoms. The number of aryl methyl sites for hydroxylation is 1. The van der Waals surface area contributed by atoms with Crippen molar-refractivity contribution in [2.45, 2.75) is 26.8 Å². The van der Waals surface area contributed by atoms with Gasteiger partial charge in [-0.25, -0.2) is 0 Å². The Kier molecular flexibility index (Phi) is 6.93. The molecule has 1 aromatic carbocycles. The van der Waals surface area contributed by atoms with Gasteiger partial charge in [-0.15, -0.1) is 0 Å². The molecule has 0 radical (unpaired) electrons. The molecule has 4 nitrogen and oxygen atoms in total. The molecule has 0 unspecified atom stereocenters. The third-order valence-electron chi connectivity index (χ3n) is 3.21. The van der Waals surface area contributed by atoms with E-state index in [9.17, 15) is 4.79 Å². The minimum absolute atomic E-state index is 0.0332. The predicted molar refractivity (Wildman–Crippen MR) is 83.2 cm³/mol. The third-order valence-corrected chi connectivity index (χ3v) is 3.21. The van der Waals surface area contributed by atoms with Crippen molar-refractivity contribution in [3.8, 4) is 11.8 Å². The number of rotatable bonds is 5. The van der Waals surface area contributed by atoms with Crippen LogP contribution in [-0.4, -0.2) is 48.8 Å². The highest BCUT2D eigenvalue weighted by atomic mass is 16.5. The van der Waals surface area contributed by atoms with E-state index in [4.69, 9.17) is 9.84 Å². The third kappa shape index (κ3) is 4.89. The number of ether oxygens (including phenoxy) is 1. The Morgan fingerprint density at radius 2 is 2.14 bits per heavy atom.